The van der Waals surface area contributed by atoms with Crippen molar-refractivity contribution in [1.29, 1.82) is 0 Å². The molecule has 16 heavy (non-hydrogen) atoms. The van der Waals surface area contributed by atoms with Crippen LogP contribution in [0.1, 0.15) is 5.56 Å². The predicted molar refractivity (Wildman–Crippen MR) is 60.2 cm³/mol. The SMILES string of the molecule is NC(Cc1ccc(NCCF)cc1)C(=O)O. The van der Waals surface area contributed by atoms with E-state index in [-0.39, 0.29) is 6.54 Å². The van der Waals surface area contributed by atoms with Crippen molar-refractivity contribution >= 4 is 11.7 Å². The highest BCUT2D eigenvalue weighted by Gasteiger charge is 2.11. The molecule has 0 aromatic heterocycles. The third-order valence-electron chi connectivity index (χ3n) is 2.15. The van der Waals surface area contributed by atoms with Gasteiger partial charge in [-0.1, -0.05) is 12.1 Å². The van der Waals surface area contributed by atoms with E-state index in [1.54, 1.807) is 24.3 Å². The molecule has 1 aromatic carbocycles. The van der Waals surface area contributed by atoms with Gasteiger partial charge in [-0.05, 0) is 24.1 Å². The average molecular weight is 226 g/mol. The van der Waals surface area contributed by atoms with Gasteiger partial charge in [-0.3, -0.25) is 4.79 Å². The van der Waals surface area contributed by atoms with Gasteiger partial charge in [0.2, 0.25) is 0 Å². The quantitative estimate of drug-likeness (QED) is 0.677. The molecule has 0 bridgehead atoms. The Hall–Kier alpha value is -1.62. The van der Waals surface area contributed by atoms with Gasteiger partial charge in [-0.15, -0.1) is 0 Å². The van der Waals surface area contributed by atoms with Crippen molar-refractivity contribution in [2.45, 2.75) is 12.5 Å². The second-order valence-electron chi connectivity index (χ2n) is 3.46. The average Bonchev–Trinajstić information content (AvgIpc) is 2.28. The number of hydrogen-bond donors (Lipinski definition) is 3. The molecule has 1 rings (SSSR count). The lowest BCUT2D eigenvalue weighted by atomic mass is 10.1. The second kappa shape index (κ2) is 6.07. The molecule has 0 radical (unpaired) electrons. The number of aliphatic carboxylic acids is 1. The molecule has 1 aromatic rings. The number of carboxylic acids is 1. The Bertz CT molecular complexity index is 340. The molecule has 0 spiro atoms. The number of rotatable bonds is 6. The smallest absolute Gasteiger partial charge is 0.320 e. The largest absolute Gasteiger partial charge is 0.480 e. The molecule has 1 unspecified atom stereocenters. The van der Waals surface area contributed by atoms with E-state index in [4.69, 9.17) is 10.8 Å². The number of anilines is 1. The summed E-state index contributed by atoms with van der Waals surface area (Å²) >= 11 is 0. The molecule has 0 amide bonds. The normalized spacial score (nSPS) is 12.1. The molecular formula is C11H15FN2O2. The summed E-state index contributed by atoms with van der Waals surface area (Å²) < 4.78 is 11.9. The maximum absolute atomic E-state index is 11.9. The Labute approximate surface area is 93.3 Å². The van der Waals surface area contributed by atoms with Gasteiger partial charge in [0.1, 0.15) is 12.7 Å². The molecule has 0 fully saturated rings. The number of hydrogen-bond acceptors (Lipinski definition) is 3. The summed E-state index contributed by atoms with van der Waals surface area (Å²) in [4.78, 5) is 10.5. The Morgan fingerprint density at radius 3 is 2.56 bits per heavy atom. The molecule has 0 heterocycles. The number of carbonyl (C=O) groups is 1. The lowest BCUT2D eigenvalue weighted by Crippen LogP contribution is -2.32. The molecule has 0 saturated heterocycles. The molecule has 4 nitrogen and oxygen atoms in total. The Balaban J connectivity index is 2.54. The van der Waals surface area contributed by atoms with Crippen LogP contribution in [0, 0.1) is 0 Å². The molecule has 0 saturated carbocycles. The van der Waals surface area contributed by atoms with E-state index in [2.05, 4.69) is 5.32 Å². The highest BCUT2D eigenvalue weighted by atomic mass is 19.1. The number of nitrogens with one attached hydrogen (secondary N) is 1. The third kappa shape index (κ3) is 3.86. The molecule has 1 atom stereocenters. The van der Waals surface area contributed by atoms with Gasteiger partial charge >= 0.3 is 5.97 Å². The molecule has 88 valence electrons. The van der Waals surface area contributed by atoms with E-state index in [1.165, 1.54) is 0 Å². The van der Waals surface area contributed by atoms with Crippen molar-refractivity contribution in [3.05, 3.63) is 29.8 Å². The minimum Gasteiger partial charge on any atom is -0.480 e. The van der Waals surface area contributed by atoms with Gasteiger partial charge in [-0.25, -0.2) is 4.39 Å². The van der Waals surface area contributed by atoms with E-state index in [9.17, 15) is 9.18 Å². The van der Waals surface area contributed by atoms with Crippen LogP contribution in [0.2, 0.25) is 0 Å². The minimum atomic E-state index is -1.01. The van der Waals surface area contributed by atoms with Gasteiger partial charge in [-0.2, -0.15) is 0 Å². The molecule has 0 aliphatic carbocycles. The Morgan fingerprint density at radius 2 is 2.06 bits per heavy atom. The molecule has 5 heteroatoms. The number of alkyl halides is 1. The summed E-state index contributed by atoms with van der Waals surface area (Å²) in [6, 6.07) is 6.23. The summed E-state index contributed by atoms with van der Waals surface area (Å²) in [7, 11) is 0. The van der Waals surface area contributed by atoms with Crippen molar-refractivity contribution in [1.82, 2.24) is 0 Å². The topological polar surface area (TPSA) is 75.3 Å². The second-order valence-corrected chi connectivity index (χ2v) is 3.46. The van der Waals surface area contributed by atoms with Crippen LogP contribution in [-0.4, -0.2) is 30.3 Å². The van der Waals surface area contributed by atoms with E-state index in [0.29, 0.717) is 6.42 Å². The van der Waals surface area contributed by atoms with Crippen LogP contribution in [-0.2, 0) is 11.2 Å². The Morgan fingerprint density at radius 1 is 1.44 bits per heavy atom. The van der Waals surface area contributed by atoms with Gasteiger partial charge in [0.25, 0.3) is 0 Å². The first-order chi connectivity index (χ1) is 7.63. The van der Waals surface area contributed by atoms with Crippen molar-refractivity contribution in [2.75, 3.05) is 18.5 Å². The van der Waals surface area contributed by atoms with E-state index < -0.39 is 18.7 Å². The summed E-state index contributed by atoms with van der Waals surface area (Å²) in [6.45, 7) is -0.153. The maximum Gasteiger partial charge on any atom is 0.320 e. The van der Waals surface area contributed by atoms with Crippen LogP contribution in [0.5, 0.6) is 0 Å². The summed E-state index contributed by atoms with van der Waals surface area (Å²) in [5.41, 5.74) is 7.06. The number of carboxylic acid groups (broad SMARTS) is 1. The van der Waals surface area contributed by atoms with Gasteiger partial charge in [0.05, 0.1) is 0 Å². The lowest BCUT2D eigenvalue weighted by molar-refractivity contribution is -0.138. The fourth-order valence-corrected chi connectivity index (χ4v) is 1.29. The summed E-state index contributed by atoms with van der Waals surface area (Å²) in [5.74, 6) is -1.01. The number of nitrogens with two attached hydrogens (primary N) is 1. The van der Waals surface area contributed by atoms with E-state index in [1.807, 2.05) is 0 Å². The van der Waals surface area contributed by atoms with Crippen LogP contribution in [0.4, 0.5) is 10.1 Å². The summed E-state index contributed by atoms with van der Waals surface area (Å²) in [6.07, 6.45) is 0.290. The number of halogens is 1. The highest BCUT2D eigenvalue weighted by molar-refractivity contribution is 5.73. The van der Waals surface area contributed by atoms with Crippen LogP contribution < -0.4 is 11.1 Å². The van der Waals surface area contributed by atoms with Gasteiger partial charge < -0.3 is 16.2 Å². The van der Waals surface area contributed by atoms with Gasteiger partial charge in [0, 0.05) is 12.2 Å². The first-order valence-corrected chi connectivity index (χ1v) is 5.00. The first-order valence-electron chi connectivity index (χ1n) is 5.00. The van der Waals surface area contributed by atoms with Crippen molar-refractivity contribution < 1.29 is 14.3 Å². The monoisotopic (exact) mass is 226 g/mol. The number of benzene rings is 1. The molecular weight excluding hydrogens is 211 g/mol. The van der Waals surface area contributed by atoms with Crippen molar-refractivity contribution in [3.63, 3.8) is 0 Å². The molecule has 4 N–H and O–H groups in total. The maximum atomic E-state index is 11.9. The predicted octanol–water partition coefficient (Wildman–Crippen LogP) is 1.02. The van der Waals surface area contributed by atoms with E-state index >= 15 is 0 Å². The zero-order chi connectivity index (χ0) is 12.0. The minimum absolute atomic E-state index is 0.272. The lowest BCUT2D eigenvalue weighted by Gasteiger charge is -2.08. The van der Waals surface area contributed by atoms with Crippen LogP contribution in [0.3, 0.4) is 0 Å². The van der Waals surface area contributed by atoms with Gasteiger partial charge in [0.15, 0.2) is 0 Å². The Kier molecular flexibility index (Phi) is 4.72. The van der Waals surface area contributed by atoms with Crippen LogP contribution in [0.25, 0.3) is 0 Å². The van der Waals surface area contributed by atoms with Crippen LogP contribution >= 0.6 is 0 Å². The fraction of sp³-hybridized carbons (Fsp3) is 0.364. The van der Waals surface area contributed by atoms with E-state index in [0.717, 1.165) is 11.3 Å². The van der Waals surface area contributed by atoms with Crippen molar-refractivity contribution in [3.8, 4) is 0 Å². The highest BCUT2D eigenvalue weighted by Crippen LogP contribution is 2.10. The standard InChI is InChI=1S/C11H15FN2O2/c12-5-6-14-9-3-1-8(2-4-9)7-10(13)11(15)16/h1-4,10,14H,5-7,13H2,(H,15,16). The van der Waals surface area contributed by atoms with Crippen molar-refractivity contribution in [2.24, 2.45) is 5.73 Å². The molecule has 0 aliphatic heterocycles. The zero-order valence-corrected chi connectivity index (χ0v) is 8.82. The van der Waals surface area contributed by atoms with Crippen LogP contribution in [0.15, 0.2) is 24.3 Å². The fourth-order valence-electron chi connectivity index (χ4n) is 1.29. The third-order valence-corrected chi connectivity index (χ3v) is 2.15. The first kappa shape index (κ1) is 12.4. The molecule has 0 aliphatic rings. The zero-order valence-electron chi connectivity index (χ0n) is 8.82. The summed E-state index contributed by atoms with van der Waals surface area (Å²) in [5, 5.41) is 11.5.